The zero-order chi connectivity index (χ0) is 25.1. The lowest BCUT2D eigenvalue weighted by atomic mass is 10.1. The van der Waals surface area contributed by atoms with Gasteiger partial charge >= 0.3 is 0 Å². The summed E-state index contributed by atoms with van der Waals surface area (Å²) < 4.78 is 1.80. The first-order chi connectivity index (χ1) is 17.5. The summed E-state index contributed by atoms with van der Waals surface area (Å²) in [5.74, 6) is 0.736. The Bertz CT molecular complexity index is 1570. The van der Waals surface area contributed by atoms with Gasteiger partial charge in [0.15, 0.2) is 0 Å². The molecule has 2 heterocycles. The van der Waals surface area contributed by atoms with Gasteiger partial charge in [-0.15, -0.1) is 0 Å². The van der Waals surface area contributed by atoms with Crippen molar-refractivity contribution in [3.05, 3.63) is 113 Å². The maximum absolute atomic E-state index is 12.6. The minimum Gasteiger partial charge on any atom is -0.348 e. The van der Waals surface area contributed by atoms with E-state index in [1.54, 1.807) is 47.4 Å². The van der Waals surface area contributed by atoms with Crippen LogP contribution >= 0.6 is 0 Å². The largest absolute Gasteiger partial charge is 0.348 e. The van der Waals surface area contributed by atoms with Crippen molar-refractivity contribution in [3.8, 4) is 5.82 Å². The van der Waals surface area contributed by atoms with Crippen LogP contribution in [0.3, 0.4) is 0 Å². The van der Waals surface area contributed by atoms with Crippen LogP contribution in [-0.2, 0) is 0 Å². The molecule has 5 aromatic rings. The van der Waals surface area contributed by atoms with Gasteiger partial charge in [0.2, 0.25) is 5.95 Å². The molecule has 0 aliphatic heterocycles. The second-order valence-electron chi connectivity index (χ2n) is 8.09. The average Bonchev–Trinajstić information content (AvgIpc) is 3.33. The van der Waals surface area contributed by atoms with E-state index >= 15 is 0 Å². The number of imidazole rings is 1. The van der Waals surface area contributed by atoms with Crippen molar-refractivity contribution in [2.24, 2.45) is 0 Å². The summed E-state index contributed by atoms with van der Waals surface area (Å²) in [5, 5.41) is 17.2. The number of nitro groups is 1. The normalized spacial score (nSPS) is 11.7. The SMILES string of the molecule is CC(Nc1nccc(-n2cnc3ccc(NC(=O)c4ccccc4)cc32)n1)c1cccc([N+](=O)[O-])c1. The third-order valence-electron chi connectivity index (χ3n) is 5.66. The van der Waals surface area contributed by atoms with E-state index in [0.717, 1.165) is 16.6 Å². The minimum atomic E-state index is -0.423. The summed E-state index contributed by atoms with van der Waals surface area (Å²) >= 11 is 0. The first-order valence-electron chi connectivity index (χ1n) is 11.2. The molecule has 0 spiro atoms. The Morgan fingerprint density at radius 3 is 2.64 bits per heavy atom. The Morgan fingerprint density at radius 2 is 1.83 bits per heavy atom. The molecule has 178 valence electrons. The number of non-ortho nitro benzene ring substituents is 1. The molecule has 0 saturated heterocycles. The number of carbonyl (C=O) groups excluding carboxylic acids is 1. The van der Waals surface area contributed by atoms with Crippen LogP contribution in [-0.4, -0.2) is 30.3 Å². The van der Waals surface area contributed by atoms with Crippen molar-refractivity contribution in [1.82, 2.24) is 19.5 Å². The van der Waals surface area contributed by atoms with Gasteiger partial charge in [0.1, 0.15) is 12.1 Å². The summed E-state index contributed by atoms with van der Waals surface area (Å²) in [7, 11) is 0. The maximum atomic E-state index is 12.6. The lowest BCUT2D eigenvalue weighted by Gasteiger charge is -2.15. The molecule has 1 atom stereocenters. The fraction of sp³-hybridized carbons (Fsp3) is 0.0769. The smallest absolute Gasteiger partial charge is 0.269 e. The predicted molar refractivity (Wildman–Crippen MR) is 136 cm³/mol. The first kappa shape index (κ1) is 22.7. The lowest BCUT2D eigenvalue weighted by molar-refractivity contribution is -0.384. The van der Waals surface area contributed by atoms with Crippen LogP contribution in [0.5, 0.6) is 0 Å². The molecule has 0 radical (unpaired) electrons. The molecule has 10 nitrogen and oxygen atoms in total. The molecule has 0 aliphatic carbocycles. The number of nitrogens with one attached hydrogen (secondary N) is 2. The zero-order valence-electron chi connectivity index (χ0n) is 19.2. The summed E-state index contributed by atoms with van der Waals surface area (Å²) in [6.07, 6.45) is 3.28. The van der Waals surface area contributed by atoms with E-state index in [1.807, 2.05) is 43.3 Å². The van der Waals surface area contributed by atoms with Gasteiger partial charge in [0.25, 0.3) is 11.6 Å². The standard InChI is InChI=1S/C26H21N7O3/c1-17(19-8-5-9-21(14-19)33(35)36)29-26-27-13-12-24(31-26)32-16-28-22-11-10-20(15-23(22)32)30-25(34)18-6-3-2-4-7-18/h2-17H,1H3,(H,30,34)(H,27,29,31). The highest BCUT2D eigenvalue weighted by Gasteiger charge is 2.14. The van der Waals surface area contributed by atoms with Gasteiger partial charge in [-0.3, -0.25) is 19.5 Å². The Morgan fingerprint density at radius 1 is 1.00 bits per heavy atom. The number of amides is 1. The van der Waals surface area contributed by atoms with Gasteiger partial charge in [-0.25, -0.2) is 9.97 Å². The van der Waals surface area contributed by atoms with Crippen molar-refractivity contribution in [2.75, 3.05) is 10.6 Å². The van der Waals surface area contributed by atoms with E-state index in [2.05, 4.69) is 25.6 Å². The number of anilines is 2. The molecule has 2 N–H and O–H groups in total. The molecule has 0 saturated carbocycles. The third-order valence-corrected chi connectivity index (χ3v) is 5.66. The highest BCUT2D eigenvalue weighted by molar-refractivity contribution is 6.05. The van der Waals surface area contributed by atoms with Crippen LogP contribution in [0.4, 0.5) is 17.3 Å². The zero-order valence-corrected chi connectivity index (χ0v) is 19.2. The second kappa shape index (κ2) is 9.63. The van der Waals surface area contributed by atoms with E-state index in [0.29, 0.717) is 23.0 Å². The Kier molecular flexibility index (Phi) is 6.06. The summed E-state index contributed by atoms with van der Waals surface area (Å²) in [5.41, 5.74) is 3.46. The van der Waals surface area contributed by atoms with Gasteiger partial charge in [-0.05, 0) is 48.9 Å². The number of nitrogens with zero attached hydrogens (tertiary/aromatic N) is 5. The van der Waals surface area contributed by atoms with Crippen LogP contribution in [0.25, 0.3) is 16.9 Å². The molecule has 0 fully saturated rings. The van der Waals surface area contributed by atoms with Gasteiger partial charge < -0.3 is 10.6 Å². The number of hydrogen-bond donors (Lipinski definition) is 2. The molecule has 10 heteroatoms. The van der Waals surface area contributed by atoms with Crippen molar-refractivity contribution in [2.45, 2.75) is 13.0 Å². The molecule has 36 heavy (non-hydrogen) atoms. The Labute approximate surface area is 205 Å². The van der Waals surface area contributed by atoms with E-state index in [4.69, 9.17) is 0 Å². The van der Waals surface area contributed by atoms with Crippen molar-refractivity contribution in [1.29, 1.82) is 0 Å². The third kappa shape index (κ3) is 4.73. The highest BCUT2D eigenvalue weighted by atomic mass is 16.6. The van der Waals surface area contributed by atoms with Crippen LogP contribution in [0.1, 0.15) is 28.9 Å². The van der Waals surface area contributed by atoms with Crippen LogP contribution in [0.2, 0.25) is 0 Å². The van der Waals surface area contributed by atoms with Gasteiger partial charge in [0.05, 0.1) is 22.0 Å². The fourth-order valence-electron chi connectivity index (χ4n) is 3.80. The molecule has 5 rings (SSSR count). The maximum Gasteiger partial charge on any atom is 0.269 e. The van der Waals surface area contributed by atoms with Crippen LogP contribution in [0, 0.1) is 10.1 Å². The van der Waals surface area contributed by atoms with E-state index in [-0.39, 0.29) is 17.6 Å². The molecule has 1 amide bonds. The van der Waals surface area contributed by atoms with Crippen molar-refractivity contribution < 1.29 is 9.72 Å². The number of benzene rings is 3. The number of hydrogen-bond acceptors (Lipinski definition) is 7. The van der Waals surface area contributed by atoms with Crippen molar-refractivity contribution in [3.63, 3.8) is 0 Å². The van der Waals surface area contributed by atoms with Crippen molar-refractivity contribution >= 4 is 34.3 Å². The summed E-state index contributed by atoms with van der Waals surface area (Å²) in [4.78, 5) is 36.6. The Hall–Kier alpha value is -5.12. The van der Waals surface area contributed by atoms with Crippen LogP contribution < -0.4 is 10.6 Å². The number of aromatic nitrogens is 4. The molecule has 3 aromatic carbocycles. The minimum absolute atomic E-state index is 0.0239. The number of fused-ring (bicyclic) bond motifs is 1. The first-order valence-corrected chi connectivity index (χ1v) is 11.2. The highest BCUT2D eigenvalue weighted by Crippen LogP contribution is 2.24. The molecule has 2 aromatic heterocycles. The number of nitro benzene ring substituents is 1. The Balaban J connectivity index is 1.39. The van der Waals surface area contributed by atoms with E-state index in [9.17, 15) is 14.9 Å². The molecule has 1 unspecified atom stereocenters. The lowest BCUT2D eigenvalue weighted by Crippen LogP contribution is -2.12. The molecule has 0 aliphatic rings. The second-order valence-corrected chi connectivity index (χ2v) is 8.09. The van der Waals surface area contributed by atoms with Gasteiger partial charge in [-0.2, -0.15) is 4.98 Å². The van der Waals surface area contributed by atoms with Gasteiger partial charge in [0, 0.05) is 29.6 Å². The van der Waals surface area contributed by atoms with E-state index in [1.165, 1.54) is 12.1 Å². The molecular weight excluding hydrogens is 458 g/mol. The quantitative estimate of drug-likeness (QED) is 0.244. The van der Waals surface area contributed by atoms with Gasteiger partial charge in [-0.1, -0.05) is 30.3 Å². The van der Waals surface area contributed by atoms with Crippen LogP contribution in [0.15, 0.2) is 91.4 Å². The van der Waals surface area contributed by atoms with E-state index < -0.39 is 4.92 Å². The monoisotopic (exact) mass is 479 g/mol. The summed E-state index contributed by atoms with van der Waals surface area (Å²) in [6.45, 7) is 1.88. The number of carbonyl (C=O) groups is 1. The fourth-order valence-corrected chi connectivity index (χ4v) is 3.80. The topological polar surface area (TPSA) is 128 Å². The number of rotatable bonds is 7. The molecular formula is C26H21N7O3. The average molecular weight is 480 g/mol. The summed E-state index contributed by atoms with van der Waals surface area (Å²) in [6, 6.07) is 22.4. The molecule has 0 bridgehead atoms. The predicted octanol–water partition coefficient (Wildman–Crippen LogP) is 5.15.